The van der Waals surface area contributed by atoms with Crippen molar-refractivity contribution in [3.05, 3.63) is 28.2 Å². The molecule has 0 saturated heterocycles. The monoisotopic (exact) mass is 324 g/mol. The van der Waals surface area contributed by atoms with Gasteiger partial charge in [-0.1, -0.05) is 38.5 Å². The highest BCUT2D eigenvalue weighted by atomic mass is 79.9. The van der Waals surface area contributed by atoms with Gasteiger partial charge in [0.15, 0.2) is 5.78 Å². The smallest absolute Gasteiger partial charge is 0.163 e. The van der Waals surface area contributed by atoms with Crippen molar-refractivity contribution in [2.24, 2.45) is 5.92 Å². The standard InChI is InChI=1S/C16H21BrO2/c1-19-16-9-8-13(11-14(16)17)15(18)10-12-6-4-2-3-5-7-12/h8-9,11-12H,2-7,10H2,1H3. The maximum atomic E-state index is 12.3. The average Bonchev–Trinajstić information content (AvgIpc) is 2.67. The van der Waals surface area contributed by atoms with Crippen molar-refractivity contribution >= 4 is 21.7 Å². The first kappa shape index (κ1) is 14.6. The maximum Gasteiger partial charge on any atom is 0.163 e. The van der Waals surface area contributed by atoms with Gasteiger partial charge in [-0.25, -0.2) is 0 Å². The Kier molecular flexibility index (Phi) is 5.44. The summed E-state index contributed by atoms with van der Waals surface area (Å²) in [5.74, 6) is 1.61. The van der Waals surface area contributed by atoms with Crippen LogP contribution >= 0.6 is 15.9 Å². The van der Waals surface area contributed by atoms with E-state index in [1.807, 2.05) is 18.2 Å². The summed E-state index contributed by atoms with van der Waals surface area (Å²) in [7, 11) is 1.63. The topological polar surface area (TPSA) is 26.3 Å². The second-order valence-corrected chi connectivity index (χ2v) is 6.19. The van der Waals surface area contributed by atoms with Crippen molar-refractivity contribution in [1.82, 2.24) is 0 Å². The first-order chi connectivity index (χ1) is 9.20. The van der Waals surface area contributed by atoms with Crippen LogP contribution in [0.4, 0.5) is 0 Å². The number of ketones is 1. The van der Waals surface area contributed by atoms with Crippen LogP contribution in [0.1, 0.15) is 55.3 Å². The van der Waals surface area contributed by atoms with Crippen molar-refractivity contribution in [2.45, 2.75) is 44.9 Å². The molecule has 1 aliphatic rings. The van der Waals surface area contributed by atoms with E-state index >= 15 is 0 Å². The number of hydrogen-bond donors (Lipinski definition) is 0. The van der Waals surface area contributed by atoms with Crippen LogP contribution in [-0.4, -0.2) is 12.9 Å². The van der Waals surface area contributed by atoms with Crippen molar-refractivity contribution in [2.75, 3.05) is 7.11 Å². The fourth-order valence-corrected chi connectivity index (χ4v) is 3.33. The Morgan fingerprint density at radius 3 is 2.53 bits per heavy atom. The lowest BCUT2D eigenvalue weighted by molar-refractivity contribution is 0.0957. The molecule has 2 nitrogen and oxygen atoms in total. The molecule has 0 spiro atoms. The Morgan fingerprint density at radius 2 is 1.95 bits per heavy atom. The SMILES string of the molecule is COc1ccc(C(=O)CC2CCCCCC2)cc1Br. The van der Waals surface area contributed by atoms with Crippen molar-refractivity contribution < 1.29 is 9.53 Å². The fraction of sp³-hybridized carbons (Fsp3) is 0.562. The van der Waals surface area contributed by atoms with Crippen LogP contribution in [-0.2, 0) is 0 Å². The maximum absolute atomic E-state index is 12.3. The van der Waals surface area contributed by atoms with E-state index in [-0.39, 0.29) is 5.78 Å². The molecule has 0 amide bonds. The number of carbonyl (C=O) groups is 1. The third-order valence-electron chi connectivity index (χ3n) is 3.92. The summed E-state index contributed by atoms with van der Waals surface area (Å²) in [4.78, 5) is 12.3. The van der Waals surface area contributed by atoms with Crippen LogP contribution in [0.2, 0.25) is 0 Å². The molecule has 0 atom stereocenters. The van der Waals surface area contributed by atoms with Crippen LogP contribution in [0, 0.1) is 5.92 Å². The Hall–Kier alpha value is -0.830. The lowest BCUT2D eigenvalue weighted by Crippen LogP contribution is -2.08. The predicted octanol–water partition coefficient (Wildman–Crippen LogP) is 5.00. The van der Waals surface area contributed by atoms with Crippen molar-refractivity contribution in [3.63, 3.8) is 0 Å². The van der Waals surface area contributed by atoms with Gasteiger partial charge in [0.25, 0.3) is 0 Å². The van der Waals surface area contributed by atoms with E-state index in [4.69, 9.17) is 4.74 Å². The number of Topliss-reactive ketones (excluding diaryl/α,β-unsaturated/α-hetero) is 1. The number of benzene rings is 1. The van der Waals surface area contributed by atoms with Gasteiger partial charge in [-0.15, -0.1) is 0 Å². The van der Waals surface area contributed by atoms with Gasteiger partial charge in [0, 0.05) is 12.0 Å². The largest absolute Gasteiger partial charge is 0.496 e. The second-order valence-electron chi connectivity index (χ2n) is 5.33. The zero-order valence-corrected chi connectivity index (χ0v) is 13.0. The molecule has 2 rings (SSSR count). The van der Waals surface area contributed by atoms with E-state index in [0.717, 1.165) is 15.8 Å². The molecule has 1 aromatic carbocycles. The van der Waals surface area contributed by atoms with E-state index in [9.17, 15) is 4.79 Å². The molecule has 0 bridgehead atoms. The van der Waals surface area contributed by atoms with Crippen LogP contribution in [0.25, 0.3) is 0 Å². The minimum Gasteiger partial charge on any atom is -0.496 e. The van der Waals surface area contributed by atoms with E-state index in [0.29, 0.717) is 12.3 Å². The zero-order valence-electron chi connectivity index (χ0n) is 11.5. The summed E-state index contributed by atoms with van der Waals surface area (Å²) < 4.78 is 6.04. The molecule has 3 heteroatoms. The third kappa shape index (κ3) is 4.07. The molecule has 0 radical (unpaired) electrons. The Labute approximate surface area is 123 Å². The molecular formula is C16H21BrO2. The van der Waals surface area contributed by atoms with Crippen LogP contribution < -0.4 is 4.74 Å². The number of ether oxygens (including phenoxy) is 1. The van der Waals surface area contributed by atoms with Crippen LogP contribution in [0.15, 0.2) is 22.7 Å². The summed E-state index contributed by atoms with van der Waals surface area (Å²) >= 11 is 3.44. The van der Waals surface area contributed by atoms with Gasteiger partial charge in [0.1, 0.15) is 5.75 Å². The molecule has 1 aliphatic carbocycles. The normalized spacial score (nSPS) is 16.9. The van der Waals surface area contributed by atoms with Gasteiger partial charge in [-0.2, -0.15) is 0 Å². The molecule has 1 saturated carbocycles. The van der Waals surface area contributed by atoms with Gasteiger partial charge >= 0.3 is 0 Å². The fourth-order valence-electron chi connectivity index (χ4n) is 2.79. The number of carbonyl (C=O) groups excluding carboxylic acids is 1. The average molecular weight is 325 g/mol. The highest BCUT2D eigenvalue weighted by molar-refractivity contribution is 9.10. The number of halogens is 1. The molecule has 104 valence electrons. The van der Waals surface area contributed by atoms with Gasteiger partial charge in [-0.05, 0) is 40.0 Å². The van der Waals surface area contributed by atoms with E-state index < -0.39 is 0 Å². The molecule has 1 fully saturated rings. The molecule has 0 aliphatic heterocycles. The molecular weight excluding hydrogens is 304 g/mol. The third-order valence-corrected chi connectivity index (χ3v) is 4.54. The molecule has 0 unspecified atom stereocenters. The summed E-state index contributed by atoms with van der Waals surface area (Å²) in [5, 5.41) is 0. The second kappa shape index (κ2) is 7.09. The molecule has 1 aromatic rings. The summed E-state index contributed by atoms with van der Waals surface area (Å²) in [5.41, 5.74) is 0.789. The zero-order chi connectivity index (χ0) is 13.7. The number of methoxy groups -OCH3 is 1. The van der Waals surface area contributed by atoms with Gasteiger partial charge < -0.3 is 4.74 Å². The first-order valence-corrected chi connectivity index (χ1v) is 7.86. The highest BCUT2D eigenvalue weighted by Gasteiger charge is 2.17. The highest BCUT2D eigenvalue weighted by Crippen LogP contribution is 2.29. The summed E-state index contributed by atoms with van der Waals surface area (Å²) in [6, 6.07) is 5.59. The van der Waals surface area contributed by atoms with Crippen molar-refractivity contribution in [1.29, 1.82) is 0 Å². The molecule has 0 heterocycles. The number of hydrogen-bond acceptors (Lipinski definition) is 2. The summed E-state index contributed by atoms with van der Waals surface area (Å²) in [6.07, 6.45) is 8.34. The van der Waals surface area contributed by atoms with Gasteiger partial charge in [0.2, 0.25) is 0 Å². The van der Waals surface area contributed by atoms with E-state index in [2.05, 4.69) is 15.9 Å². The quantitative estimate of drug-likeness (QED) is 0.575. The van der Waals surface area contributed by atoms with Crippen LogP contribution in [0.3, 0.4) is 0 Å². The van der Waals surface area contributed by atoms with Gasteiger partial charge in [-0.3, -0.25) is 4.79 Å². The van der Waals surface area contributed by atoms with E-state index in [1.54, 1.807) is 7.11 Å². The molecule has 19 heavy (non-hydrogen) atoms. The minimum absolute atomic E-state index is 0.259. The Balaban J connectivity index is 2.00. The minimum atomic E-state index is 0.259. The molecule has 0 aromatic heterocycles. The van der Waals surface area contributed by atoms with Crippen LogP contribution in [0.5, 0.6) is 5.75 Å². The Bertz CT molecular complexity index is 434. The van der Waals surface area contributed by atoms with E-state index in [1.165, 1.54) is 38.5 Å². The first-order valence-electron chi connectivity index (χ1n) is 7.07. The predicted molar refractivity (Wildman–Crippen MR) is 80.8 cm³/mol. The summed E-state index contributed by atoms with van der Waals surface area (Å²) in [6.45, 7) is 0. The lowest BCUT2D eigenvalue weighted by Gasteiger charge is -2.13. The lowest BCUT2D eigenvalue weighted by atomic mass is 9.92. The van der Waals surface area contributed by atoms with Crippen molar-refractivity contribution in [3.8, 4) is 5.75 Å². The van der Waals surface area contributed by atoms with Gasteiger partial charge in [0.05, 0.1) is 11.6 Å². The molecule has 0 N–H and O–H groups in total. The number of rotatable bonds is 4. The Morgan fingerprint density at radius 1 is 1.26 bits per heavy atom.